The summed E-state index contributed by atoms with van der Waals surface area (Å²) in [6, 6.07) is -1.15. The van der Waals surface area contributed by atoms with E-state index in [1.807, 2.05) is 19.9 Å². The molecule has 11 nitrogen and oxygen atoms in total. The number of likely N-dealkylation sites (tertiary alicyclic amines) is 1. The molecule has 11 atom stereocenters. The highest BCUT2D eigenvalue weighted by molar-refractivity contribution is 6.27. The minimum absolute atomic E-state index is 0.0220. The molecule has 0 saturated carbocycles. The fraction of sp³-hybridized carbons (Fsp3) is 0.656. The first kappa shape index (κ1) is 31.6. The summed E-state index contributed by atoms with van der Waals surface area (Å²) in [7, 11) is 1.46. The molecule has 0 unspecified atom stereocenters. The van der Waals surface area contributed by atoms with Gasteiger partial charge in [0.25, 0.3) is 5.91 Å². The van der Waals surface area contributed by atoms with Crippen LogP contribution >= 0.6 is 0 Å². The molecule has 4 saturated heterocycles. The Kier molecular flexibility index (Phi) is 8.51. The van der Waals surface area contributed by atoms with E-state index in [4.69, 9.17) is 18.9 Å². The van der Waals surface area contributed by atoms with Gasteiger partial charge in [-0.05, 0) is 45.8 Å². The second-order valence-electron chi connectivity index (χ2n) is 12.7. The molecule has 0 aliphatic carbocycles. The number of epoxide rings is 1. The second-order valence-corrected chi connectivity index (χ2v) is 12.7. The van der Waals surface area contributed by atoms with Crippen LogP contribution in [0.1, 0.15) is 54.4 Å². The van der Waals surface area contributed by atoms with Gasteiger partial charge < -0.3 is 39.4 Å². The lowest BCUT2D eigenvalue weighted by Crippen LogP contribution is -2.61. The second kappa shape index (κ2) is 11.6. The molecule has 0 aromatic carbocycles. The van der Waals surface area contributed by atoms with E-state index in [1.54, 1.807) is 19.9 Å². The summed E-state index contributed by atoms with van der Waals surface area (Å²) in [4.78, 5) is 41.1. The lowest BCUT2D eigenvalue weighted by Gasteiger charge is -2.51. The molecule has 5 heterocycles. The molecule has 0 radical (unpaired) electrons. The standard InChI is InChI=1S/C32H44N2O9/c1-16(14-17(2)28-18(3)23-12-13-32(15-40-32)31(6,42-23)43-28)8-9-22(36)25-27(37)26(19(4)29(38)33-7)34(30(25)39)24-11-10-21(35)20(5)41-24/h8-9,12-14,17-21,23-24,26,28,35-36H,10-11,15H2,1-7H3,(H,33,38)/b9-8+,16-14+,25-22+/t17-,18+,19+,20-,21-,23-,24-,26-,28+,31-,32+/m0/s1. The van der Waals surface area contributed by atoms with Crippen LogP contribution in [0.2, 0.25) is 0 Å². The van der Waals surface area contributed by atoms with Gasteiger partial charge in [-0.3, -0.25) is 14.4 Å². The Hall–Kier alpha value is -2.83. The number of hydrogen-bond acceptors (Lipinski definition) is 9. The highest BCUT2D eigenvalue weighted by Gasteiger charge is 2.66. The Bertz CT molecular complexity index is 1280. The fourth-order valence-corrected chi connectivity index (χ4v) is 6.82. The Labute approximate surface area is 252 Å². The molecule has 1 spiro atoms. The van der Waals surface area contributed by atoms with E-state index in [-0.39, 0.29) is 29.6 Å². The fourth-order valence-electron chi connectivity index (χ4n) is 6.82. The molecule has 3 N–H and O–H groups in total. The van der Waals surface area contributed by atoms with Gasteiger partial charge >= 0.3 is 0 Å². The maximum Gasteiger partial charge on any atom is 0.264 e. The lowest BCUT2D eigenvalue weighted by molar-refractivity contribution is -0.346. The number of hydrogen-bond donors (Lipinski definition) is 3. The van der Waals surface area contributed by atoms with Crippen molar-refractivity contribution in [2.45, 2.75) is 102 Å². The number of ether oxygens (including phenoxy) is 4. The zero-order valence-electron chi connectivity index (χ0n) is 25.9. The zero-order chi connectivity index (χ0) is 31.4. The van der Waals surface area contributed by atoms with Crippen molar-refractivity contribution in [1.29, 1.82) is 0 Å². The van der Waals surface area contributed by atoms with Crippen LogP contribution < -0.4 is 5.32 Å². The number of carbonyl (C=O) groups is 3. The number of allylic oxidation sites excluding steroid dienone is 3. The molecule has 43 heavy (non-hydrogen) atoms. The number of ketones is 1. The van der Waals surface area contributed by atoms with Crippen molar-refractivity contribution >= 4 is 17.6 Å². The van der Waals surface area contributed by atoms with E-state index in [2.05, 4.69) is 31.3 Å². The van der Waals surface area contributed by atoms with Gasteiger partial charge in [-0.2, -0.15) is 0 Å². The van der Waals surface area contributed by atoms with Crippen molar-refractivity contribution in [3.05, 3.63) is 47.3 Å². The third-order valence-corrected chi connectivity index (χ3v) is 9.67. The first-order valence-corrected chi connectivity index (χ1v) is 15.1. The number of nitrogens with zero attached hydrogens (tertiary/aromatic N) is 1. The summed E-state index contributed by atoms with van der Waals surface area (Å²) in [6.45, 7) is 11.7. The number of aliphatic hydroxyl groups is 2. The highest BCUT2D eigenvalue weighted by Crippen LogP contribution is 2.52. The quantitative estimate of drug-likeness (QED) is 0.100. The van der Waals surface area contributed by atoms with Gasteiger partial charge in [0.1, 0.15) is 23.6 Å². The van der Waals surface area contributed by atoms with Crippen LogP contribution in [-0.4, -0.2) is 94.4 Å². The first-order valence-electron chi connectivity index (χ1n) is 15.1. The Morgan fingerprint density at radius 1 is 1.19 bits per heavy atom. The SMILES string of the molecule is CNC(=O)[C@H](C)[C@H]1C(=O)/C(=C(O)/C=C/C(C)=C/[C@H](C)[C@H]2O[C@]3(C)O[C@@H](C=C[C@@]34CO4)[C@H]2C)C(=O)N1[C@@H]1CC[C@H](O)[C@H](C)O1. The molecule has 11 heteroatoms. The summed E-state index contributed by atoms with van der Waals surface area (Å²) in [6.07, 6.45) is 7.46. The predicted octanol–water partition coefficient (Wildman–Crippen LogP) is 2.46. The largest absolute Gasteiger partial charge is 0.507 e. The third-order valence-electron chi connectivity index (χ3n) is 9.67. The Morgan fingerprint density at radius 3 is 2.51 bits per heavy atom. The van der Waals surface area contributed by atoms with Crippen LogP contribution in [-0.2, 0) is 33.3 Å². The molecular weight excluding hydrogens is 556 g/mol. The first-order chi connectivity index (χ1) is 20.2. The van der Waals surface area contributed by atoms with Crippen molar-refractivity contribution in [3.8, 4) is 0 Å². The molecule has 5 aliphatic rings. The predicted molar refractivity (Wildman–Crippen MR) is 155 cm³/mol. The lowest BCUT2D eigenvalue weighted by atomic mass is 9.82. The number of aliphatic hydroxyl groups excluding tert-OH is 2. The Morgan fingerprint density at radius 2 is 1.88 bits per heavy atom. The molecule has 0 aromatic rings. The van der Waals surface area contributed by atoms with Crippen LogP contribution in [0.15, 0.2) is 47.3 Å². The van der Waals surface area contributed by atoms with Gasteiger partial charge in [-0.15, -0.1) is 0 Å². The molecule has 0 aromatic heterocycles. The Balaban J connectivity index is 1.36. The van der Waals surface area contributed by atoms with Crippen LogP contribution in [0.4, 0.5) is 0 Å². The third kappa shape index (κ3) is 5.50. The molecular formula is C32H44N2O9. The molecule has 4 fully saturated rings. The summed E-state index contributed by atoms with van der Waals surface area (Å²) >= 11 is 0. The maximum atomic E-state index is 13.6. The average Bonchev–Trinajstić information content (AvgIpc) is 3.71. The molecule has 5 aliphatic heterocycles. The van der Waals surface area contributed by atoms with E-state index in [0.29, 0.717) is 19.4 Å². The highest BCUT2D eigenvalue weighted by atomic mass is 16.8. The van der Waals surface area contributed by atoms with Crippen molar-refractivity contribution in [3.63, 3.8) is 0 Å². The van der Waals surface area contributed by atoms with Gasteiger partial charge in [0.15, 0.2) is 11.4 Å². The van der Waals surface area contributed by atoms with Crippen molar-refractivity contribution in [2.75, 3.05) is 13.7 Å². The summed E-state index contributed by atoms with van der Waals surface area (Å²) in [5.41, 5.74) is -0.127. The molecule has 236 valence electrons. The molecule has 2 bridgehead atoms. The number of nitrogens with one attached hydrogen (secondary N) is 1. The topological polar surface area (TPSA) is 147 Å². The minimum Gasteiger partial charge on any atom is -0.507 e. The average molecular weight is 601 g/mol. The van der Waals surface area contributed by atoms with Crippen molar-refractivity contribution in [2.24, 2.45) is 17.8 Å². The van der Waals surface area contributed by atoms with Crippen LogP contribution in [0.5, 0.6) is 0 Å². The van der Waals surface area contributed by atoms with Gasteiger partial charge in [0, 0.05) is 18.9 Å². The van der Waals surface area contributed by atoms with Gasteiger partial charge in [0.2, 0.25) is 11.7 Å². The minimum atomic E-state index is -1.15. The summed E-state index contributed by atoms with van der Waals surface area (Å²) in [5.74, 6) is -3.93. The van der Waals surface area contributed by atoms with Crippen LogP contribution in [0, 0.1) is 17.8 Å². The number of carbonyl (C=O) groups excluding carboxylic acids is 3. The van der Waals surface area contributed by atoms with Gasteiger partial charge in [-0.1, -0.05) is 44.6 Å². The van der Waals surface area contributed by atoms with E-state index in [0.717, 1.165) is 5.57 Å². The summed E-state index contributed by atoms with van der Waals surface area (Å²) < 4.78 is 24.3. The smallest absolute Gasteiger partial charge is 0.264 e. The van der Waals surface area contributed by atoms with E-state index in [9.17, 15) is 24.6 Å². The van der Waals surface area contributed by atoms with Crippen LogP contribution in [0.3, 0.4) is 0 Å². The van der Waals surface area contributed by atoms with Crippen molar-refractivity contribution in [1.82, 2.24) is 10.2 Å². The van der Waals surface area contributed by atoms with E-state index >= 15 is 0 Å². The normalized spacial score (nSPS) is 42.0. The van der Waals surface area contributed by atoms with Gasteiger partial charge in [-0.25, -0.2) is 0 Å². The number of fused-ring (bicyclic) bond motifs is 3. The summed E-state index contributed by atoms with van der Waals surface area (Å²) in [5, 5.41) is 23.7. The van der Waals surface area contributed by atoms with Crippen LogP contribution in [0.25, 0.3) is 0 Å². The monoisotopic (exact) mass is 600 g/mol. The maximum absolute atomic E-state index is 13.6. The van der Waals surface area contributed by atoms with Gasteiger partial charge in [0.05, 0.1) is 36.9 Å². The van der Waals surface area contributed by atoms with Crippen molar-refractivity contribution < 1.29 is 43.5 Å². The molecule has 2 amide bonds. The van der Waals surface area contributed by atoms with E-state index < -0.39 is 65.1 Å². The number of amides is 2. The number of rotatable bonds is 7. The zero-order valence-corrected chi connectivity index (χ0v) is 25.9. The molecule has 5 rings (SSSR count). The number of Topliss-reactive ketones (excluding diaryl/α,β-unsaturated/α-hetero) is 1. The van der Waals surface area contributed by atoms with E-state index in [1.165, 1.54) is 18.0 Å².